The van der Waals surface area contributed by atoms with Crippen molar-refractivity contribution >= 4 is 0 Å². The minimum Gasteiger partial charge on any atom is -0.333 e. The largest absolute Gasteiger partial charge is 0.333 e. The van der Waals surface area contributed by atoms with E-state index in [9.17, 15) is 0 Å². The summed E-state index contributed by atoms with van der Waals surface area (Å²) in [5.41, 5.74) is 4.41. The zero-order chi connectivity index (χ0) is 12.7. The van der Waals surface area contributed by atoms with Gasteiger partial charge in [-0.3, -0.25) is 0 Å². The van der Waals surface area contributed by atoms with Gasteiger partial charge in [-0.05, 0) is 36.9 Å². The van der Waals surface area contributed by atoms with E-state index in [2.05, 4.69) is 39.1 Å². The third kappa shape index (κ3) is 1.89. The molecule has 0 bridgehead atoms. The van der Waals surface area contributed by atoms with Gasteiger partial charge >= 0.3 is 0 Å². The maximum Gasteiger partial charge on any atom is 0.0948 e. The lowest BCUT2D eigenvalue weighted by atomic mass is 9.77. The van der Waals surface area contributed by atoms with Crippen molar-refractivity contribution in [3.05, 3.63) is 53.6 Å². The highest BCUT2D eigenvalue weighted by Gasteiger charge is 2.27. The van der Waals surface area contributed by atoms with Gasteiger partial charge in [-0.25, -0.2) is 4.98 Å². The van der Waals surface area contributed by atoms with Crippen LogP contribution >= 0.6 is 0 Å². The molecule has 4 rings (SSSR count). The summed E-state index contributed by atoms with van der Waals surface area (Å²) in [7, 11) is 0. The van der Waals surface area contributed by atoms with Crippen LogP contribution in [-0.4, -0.2) is 16.1 Å². The molecule has 3 nitrogen and oxygen atoms in total. The van der Waals surface area contributed by atoms with Gasteiger partial charge < -0.3 is 9.88 Å². The predicted octanol–water partition coefficient (Wildman–Crippen LogP) is 2.65. The van der Waals surface area contributed by atoms with E-state index in [1.807, 2.05) is 12.5 Å². The van der Waals surface area contributed by atoms with Crippen LogP contribution in [0.3, 0.4) is 0 Å². The Morgan fingerprint density at radius 3 is 3.11 bits per heavy atom. The molecule has 98 valence electrons. The van der Waals surface area contributed by atoms with Crippen LogP contribution in [0.2, 0.25) is 0 Å². The van der Waals surface area contributed by atoms with E-state index in [4.69, 9.17) is 0 Å². The van der Waals surface area contributed by atoms with Crippen LogP contribution in [-0.2, 0) is 13.0 Å². The summed E-state index contributed by atoms with van der Waals surface area (Å²) in [4.78, 5) is 4.36. The van der Waals surface area contributed by atoms with E-state index in [1.165, 1.54) is 36.1 Å². The Balaban J connectivity index is 1.54. The SMILES string of the molecule is c1ccc2c(c1)CC2Cn1cncc1C1CCCN1. The Kier molecular flexibility index (Phi) is 2.66. The van der Waals surface area contributed by atoms with Crippen LogP contribution in [0.25, 0.3) is 0 Å². The maximum atomic E-state index is 4.36. The minimum absolute atomic E-state index is 0.512. The Morgan fingerprint density at radius 1 is 1.32 bits per heavy atom. The summed E-state index contributed by atoms with van der Waals surface area (Å²) in [5, 5.41) is 3.57. The molecule has 2 aliphatic rings. The normalized spacial score (nSPS) is 25.1. The Bertz CT molecular complexity index is 581. The lowest BCUT2D eigenvalue weighted by Crippen LogP contribution is -2.24. The molecule has 2 heterocycles. The number of imidazole rings is 1. The number of rotatable bonds is 3. The topological polar surface area (TPSA) is 29.9 Å². The first-order valence-corrected chi connectivity index (χ1v) is 7.23. The predicted molar refractivity (Wildman–Crippen MR) is 75.1 cm³/mol. The zero-order valence-electron chi connectivity index (χ0n) is 11.0. The summed E-state index contributed by atoms with van der Waals surface area (Å²) in [6.07, 6.45) is 7.77. The molecule has 2 unspecified atom stereocenters. The number of fused-ring (bicyclic) bond motifs is 1. The van der Waals surface area contributed by atoms with Crippen LogP contribution in [0.15, 0.2) is 36.8 Å². The molecule has 1 saturated heterocycles. The quantitative estimate of drug-likeness (QED) is 0.911. The van der Waals surface area contributed by atoms with Gasteiger partial charge in [-0.1, -0.05) is 24.3 Å². The van der Waals surface area contributed by atoms with Crippen molar-refractivity contribution in [3.63, 3.8) is 0 Å². The molecule has 1 aliphatic carbocycles. The number of hydrogen-bond acceptors (Lipinski definition) is 2. The van der Waals surface area contributed by atoms with Crippen molar-refractivity contribution < 1.29 is 0 Å². The second-order valence-electron chi connectivity index (χ2n) is 5.72. The van der Waals surface area contributed by atoms with Gasteiger partial charge in [0.2, 0.25) is 0 Å². The standard InChI is InChI=1S/C16H19N3/c1-2-5-14-12(4-1)8-13(14)10-19-11-17-9-16(19)15-6-3-7-18-15/h1-2,4-5,9,11,13,15,18H,3,6-8,10H2. The maximum absolute atomic E-state index is 4.36. The second kappa shape index (κ2) is 4.49. The number of nitrogens with zero attached hydrogens (tertiary/aromatic N) is 2. The monoisotopic (exact) mass is 253 g/mol. The molecule has 0 saturated carbocycles. The Morgan fingerprint density at radius 2 is 2.26 bits per heavy atom. The molecule has 3 heteroatoms. The van der Waals surface area contributed by atoms with Crippen LogP contribution < -0.4 is 5.32 Å². The molecule has 2 atom stereocenters. The summed E-state index contributed by atoms with van der Waals surface area (Å²) in [5.74, 6) is 0.672. The van der Waals surface area contributed by atoms with Crippen LogP contribution in [0.4, 0.5) is 0 Å². The van der Waals surface area contributed by atoms with Crippen molar-refractivity contribution in [2.45, 2.75) is 37.8 Å². The summed E-state index contributed by atoms with van der Waals surface area (Å²) in [6.45, 7) is 2.21. The first-order valence-electron chi connectivity index (χ1n) is 7.23. The van der Waals surface area contributed by atoms with Gasteiger partial charge in [0.25, 0.3) is 0 Å². The van der Waals surface area contributed by atoms with E-state index in [0.717, 1.165) is 13.1 Å². The highest BCUT2D eigenvalue weighted by Crippen LogP contribution is 2.36. The molecule has 1 aromatic carbocycles. The molecular weight excluding hydrogens is 234 g/mol. The van der Waals surface area contributed by atoms with Gasteiger partial charge in [0.15, 0.2) is 0 Å². The molecule has 1 aromatic heterocycles. The Labute approximate surface area is 113 Å². The highest BCUT2D eigenvalue weighted by molar-refractivity contribution is 5.39. The van der Waals surface area contributed by atoms with Crippen LogP contribution in [0.5, 0.6) is 0 Å². The van der Waals surface area contributed by atoms with Crippen molar-refractivity contribution in [1.29, 1.82) is 0 Å². The molecule has 2 aromatic rings. The number of nitrogens with one attached hydrogen (secondary N) is 1. The van der Waals surface area contributed by atoms with Crippen molar-refractivity contribution in [3.8, 4) is 0 Å². The fourth-order valence-electron chi connectivity index (χ4n) is 3.47. The van der Waals surface area contributed by atoms with E-state index in [1.54, 1.807) is 0 Å². The van der Waals surface area contributed by atoms with E-state index < -0.39 is 0 Å². The molecule has 1 N–H and O–H groups in total. The van der Waals surface area contributed by atoms with Crippen molar-refractivity contribution in [2.24, 2.45) is 0 Å². The van der Waals surface area contributed by atoms with Gasteiger partial charge in [-0.15, -0.1) is 0 Å². The van der Waals surface area contributed by atoms with Crippen LogP contribution in [0, 0.1) is 0 Å². The number of benzene rings is 1. The summed E-state index contributed by atoms with van der Waals surface area (Å²) in [6, 6.07) is 9.32. The molecular formula is C16H19N3. The summed E-state index contributed by atoms with van der Waals surface area (Å²) < 4.78 is 2.35. The lowest BCUT2D eigenvalue weighted by molar-refractivity contribution is 0.477. The molecule has 1 fully saturated rings. The third-order valence-corrected chi connectivity index (χ3v) is 4.54. The third-order valence-electron chi connectivity index (χ3n) is 4.54. The zero-order valence-corrected chi connectivity index (χ0v) is 11.0. The van der Waals surface area contributed by atoms with Crippen LogP contribution in [0.1, 0.15) is 41.6 Å². The smallest absolute Gasteiger partial charge is 0.0948 e. The average molecular weight is 253 g/mol. The van der Waals surface area contributed by atoms with Crippen molar-refractivity contribution in [1.82, 2.24) is 14.9 Å². The number of hydrogen-bond donors (Lipinski definition) is 1. The highest BCUT2D eigenvalue weighted by atomic mass is 15.1. The number of aromatic nitrogens is 2. The second-order valence-corrected chi connectivity index (χ2v) is 5.72. The van der Waals surface area contributed by atoms with E-state index in [0.29, 0.717) is 12.0 Å². The molecule has 1 aliphatic heterocycles. The average Bonchev–Trinajstić information content (AvgIpc) is 3.06. The summed E-state index contributed by atoms with van der Waals surface area (Å²) >= 11 is 0. The van der Waals surface area contributed by atoms with Gasteiger partial charge in [0, 0.05) is 24.7 Å². The molecule has 0 amide bonds. The van der Waals surface area contributed by atoms with Gasteiger partial charge in [0.05, 0.1) is 12.0 Å². The molecule has 0 radical (unpaired) electrons. The molecule has 19 heavy (non-hydrogen) atoms. The first kappa shape index (κ1) is 11.2. The molecule has 0 spiro atoms. The fourth-order valence-corrected chi connectivity index (χ4v) is 3.47. The fraction of sp³-hybridized carbons (Fsp3) is 0.438. The van der Waals surface area contributed by atoms with Gasteiger partial charge in [-0.2, -0.15) is 0 Å². The Hall–Kier alpha value is -1.61. The first-order chi connectivity index (χ1) is 9.42. The van der Waals surface area contributed by atoms with Crippen molar-refractivity contribution in [2.75, 3.05) is 6.54 Å². The van der Waals surface area contributed by atoms with Gasteiger partial charge in [0.1, 0.15) is 0 Å². The lowest BCUT2D eigenvalue weighted by Gasteiger charge is -2.31. The van der Waals surface area contributed by atoms with E-state index in [-0.39, 0.29) is 0 Å². The van der Waals surface area contributed by atoms with E-state index >= 15 is 0 Å². The minimum atomic E-state index is 0.512.